The lowest BCUT2D eigenvalue weighted by molar-refractivity contribution is -0.134. The van der Waals surface area contributed by atoms with E-state index in [-0.39, 0.29) is 24.3 Å². The van der Waals surface area contributed by atoms with Crippen molar-refractivity contribution in [3.05, 3.63) is 18.2 Å². The molecule has 27 heavy (non-hydrogen) atoms. The Bertz CT molecular complexity index is 865. The first kappa shape index (κ1) is 17.3. The van der Waals surface area contributed by atoms with Gasteiger partial charge in [-0.2, -0.15) is 0 Å². The molecule has 2 heterocycles. The predicted molar refractivity (Wildman–Crippen MR) is 95.2 cm³/mol. The van der Waals surface area contributed by atoms with Crippen LogP contribution >= 0.6 is 0 Å². The third-order valence-electron chi connectivity index (χ3n) is 5.19. The number of nitrogens with one attached hydrogen (secondary N) is 3. The second kappa shape index (κ2) is 5.97. The number of fused-ring (bicyclic) bond motifs is 1. The number of anilines is 2. The van der Waals surface area contributed by atoms with E-state index in [4.69, 9.17) is 4.74 Å². The van der Waals surface area contributed by atoms with Gasteiger partial charge in [-0.05, 0) is 50.8 Å². The van der Waals surface area contributed by atoms with Crippen molar-refractivity contribution in [1.29, 1.82) is 0 Å². The number of imide groups is 1. The molecular weight excluding hydrogens is 352 g/mol. The van der Waals surface area contributed by atoms with Crippen LogP contribution in [-0.2, 0) is 14.4 Å². The molecule has 4 rings (SSSR count). The standard InChI is InChI=1S/C18H20N4O5/c1-9-15(24)20-12-7-11(5-6-13(12)27-9)19-14(23)8-22-16(25)18(2,10-3-4-10)21-17(22)26/h5-7,9-10H,3-4,8H2,1-2H3,(H,19,23)(H,20,24)(H,21,26). The fourth-order valence-electron chi connectivity index (χ4n) is 3.43. The molecule has 1 aromatic rings. The SMILES string of the molecule is CC1Oc2ccc(NC(=O)CN3C(=O)NC(C)(C4CC4)C3=O)cc2NC1=O. The Morgan fingerprint density at radius 2 is 2.07 bits per heavy atom. The zero-order valence-corrected chi connectivity index (χ0v) is 15.0. The molecule has 9 nitrogen and oxygen atoms in total. The Labute approximate surface area is 155 Å². The smallest absolute Gasteiger partial charge is 0.325 e. The van der Waals surface area contributed by atoms with E-state index in [0.29, 0.717) is 17.1 Å². The molecule has 0 aromatic heterocycles. The third-order valence-corrected chi connectivity index (χ3v) is 5.19. The van der Waals surface area contributed by atoms with Crippen LogP contribution in [0.1, 0.15) is 26.7 Å². The van der Waals surface area contributed by atoms with Crippen LogP contribution in [0.15, 0.2) is 18.2 Å². The Kier molecular flexibility index (Phi) is 3.83. The second-order valence-corrected chi connectivity index (χ2v) is 7.31. The molecule has 9 heteroatoms. The van der Waals surface area contributed by atoms with E-state index in [9.17, 15) is 19.2 Å². The number of ether oxygens (including phenoxy) is 1. The summed E-state index contributed by atoms with van der Waals surface area (Å²) in [6, 6.07) is 4.28. The van der Waals surface area contributed by atoms with Crippen molar-refractivity contribution in [3.63, 3.8) is 0 Å². The first-order valence-corrected chi connectivity index (χ1v) is 8.83. The number of amides is 5. The molecule has 0 spiro atoms. The Morgan fingerprint density at radius 3 is 2.78 bits per heavy atom. The fraction of sp³-hybridized carbons (Fsp3) is 0.444. The van der Waals surface area contributed by atoms with E-state index >= 15 is 0 Å². The molecule has 0 radical (unpaired) electrons. The van der Waals surface area contributed by atoms with Gasteiger partial charge in [0.05, 0.1) is 5.69 Å². The average molecular weight is 372 g/mol. The number of carbonyl (C=O) groups is 4. The predicted octanol–water partition coefficient (Wildman–Crippen LogP) is 1.06. The van der Waals surface area contributed by atoms with Gasteiger partial charge in [0.25, 0.3) is 11.8 Å². The van der Waals surface area contributed by atoms with Gasteiger partial charge in [-0.1, -0.05) is 0 Å². The van der Waals surface area contributed by atoms with Gasteiger partial charge in [0, 0.05) is 5.69 Å². The van der Waals surface area contributed by atoms with Crippen molar-refractivity contribution in [2.45, 2.75) is 38.3 Å². The molecule has 1 saturated carbocycles. The van der Waals surface area contributed by atoms with Crippen LogP contribution in [0.5, 0.6) is 5.75 Å². The molecule has 2 fully saturated rings. The summed E-state index contributed by atoms with van der Waals surface area (Å²) in [5, 5.41) is 8.04. The highest BCUT2D eigenvalue weighted by Crippen LogP contribution is 2.42. The molecule has 1 aliphatic carbocycles. The lowest BCUT2D eigenvalue weighted by Gasteiger charge is -2.24. The van der Waals surface area contributed by atoms with Crippen LogP contribution in [0, 0.1) is 5.92 Å². The molecular formula is C18H20N4O5. The van der Waals surface area contributed by atoms with Crippen LogP contribution in [0.2, 0.25) is 0 Å². The van der Waals surface area contributed by atoms with Gasteiger partial charge >= 0.3 is 6.03 Å². The van der Waals surface area contributed by atoms with Crippen molar-refractivity contribution in [3.8, 4) is 5.75 Å². The monoisotopic (exact) mass is 372 g/mol. The maximum absolute atomic E-state index is 12.6. The van der Waals surface area contributed by atoms with Gasteiger partial charge in [0.15, 0.2) is 6.10 Å². The lowest BCUT2D eigenvalue weighted by atomic mass is 9.96. The van der Waals surface area contributed by atoms with Crippen LogP contribution in [-0.4, -0.2) is 46.8 Å². The largest absolute Gasteiger partial charge is 0.479 e. The van der Waals surface area contributed by atoms with E-state index in [1.165, 1.54) is 0 Å². The summed E-state index contributed by atoms with van der Waals surface area (Å²) in [6.07, 6.45) is 1.20. The first-order chi connectivity index (χ1) is 12.8. The Morgan fingerprint density at radius 1 is 1.33 bits per heavy atom. The van der Waals surface area contributed by atoms with Crippen molar-refractivity contribution >= 4 is 35.1 Å². The number of nitrogens with zero attached hydrogens (tertiary/aromatic N) is 1. The molecule has 2 unspecified atom stereocenters. The summed E-state index contributed by atoms with van der Waals surface area (Å²) in [5.74, 6) is -0.507. The number of hydrogen-bond donors (Lipinski definition) is 3. The highest BCUT2D eigenvalue weighted by molar-refractivity contribution is 6.10. The van der Waals surface area contributed by atoms with Gasteiger partial charge in [-0.15, -0.1) is 0 Å². The van der Waals surface area contributed by atoms with E-state index in [2.05, 4.69) is 16.0 Å². The molecule has 2 aliphatic heterocycles. The summed E-state index contributed by atoms with van der Waals surface area (Å²) < 4.78 is 5.46. The number of benzene rings is 1. The van der Waals surface area contributed by atoms with Crippen molar-refractivity contribution in [1.82, 2.24) is 10.2 Å². The fourth-order valence-corrected chi connectivity index (χ4v) is 3.43. The van der Waals surface area contributed by atoms with Crippen LogP contribution < -0.4 is 20.7 Å². The summed E-state index contributed by atoms with van der Waals surface area (Å²) in [5.41, 5.74) is -0.0389. The minimum atomic E-state index is -0.915. The maximum atomic E-state index is 12.6. The van der Waals surface area contributed by atoms with Gasteiger partial charge in [0.2, 0.25) is 5.91 Å². The Balaban J connectivity index is 1.43. The number of carbonyl (C=O) groups excluding carboxylic acids is 4. The minimum absolute atomic E-state index is 0.133. The molecule has 2 atom stereocenters. The Hall–Kier alpha value is -3.10. The summed E-state index contributed by atoms with van der Waals surface area (Å²) in [4.78, 5) is 49.7. The minimum Gasteiger partial charge on any atom is -0.479 e. The van der Waals surface area contributed by atoms with Crippen molar-refractivity contribution in [2.75, 3.05) is 17.2 Å². The highest BCUT2D eigenvalue weighted by Gasteiger charge is 2.56. The van der Waals surface area contributed by atoms with Gasteiger partial charge < -0.3 is 20.7 Å². The summed E-state index contributed by atoms with van der Waals surface area (Å²) >= 11 is 0. The van der Waals surface area contributed by atoms with Gasteiger partial charge in [-0.25, -0.2) is 4.79 Å². The molecule has 142 valence electrons. The number of rotatable bonds is 4. The van der Waals surface area contributed by atoms with Crippen LogP contribution in [0.25, 0.3) is 0 Å². The van der Waals surface area contributed by atoms with Crippen molar-refractivity contribution in [2.24, 2.45) is 5.92 Å². The van der Waals surface area contributed by atoms with Crippen molar-refractivity contribution < 1.29 is 23.9 Å². The topological polar surface area (TPSA) is 117 Å². The van der Waals surface area contributed by atoms with Crippen LogP contribution in [0.3, 0.4) is 0 Å². The zero-order valence-electron chi connectivity index (χ0n) is 15.0. The normalized spacial score (nSPS) is 26.8. The van der Waals surface area contributed by atoms with E-state index in [1.54, 1.807) is 32.0 Å². The molecule has 3 N–H and O–H groups in total. The molecule has 3 aliphatic rings. The molecule has 1 saturated heterocycles. The van der Waals surface area contributed by atoms with Gasteiger partial charge in [0.1, 0.15) is 17.8 Å². The first-order valence-electron chi connectivity index (χ1n) is 8.83. The summed E-state index contributed by atoms with van der Waals surface area (Å²) in [6.45, 7) is 2.97. The molecule has 1 aromatic carbocycles. The van der Waals surface area contributed by atoms with E-state index < -0.39 is 23.6 Å². The lowest BCUT2D eigenvalue weighted by Crippen LogP contribution is -2.46. The van der Waals surface area contributed by atoms with Gasteiger partial charge in [-0.3, -0.25) is 19.3 Å². The van der Waals surface area contributed by atoms with Crippen LogP contribution in [0.4, 0.5) is 16.2 Å². The average Bonchev–Trinajstić information content (AvgIpc) is 3.42. The number of urea groups is 1. The quantitative estimate of drug-likeness (QED) is 0.684. The van der Waals surface area contributed by atoms with E-state index in [1.807, 2.05) is 0 Å². The molecule has 5 amide bonds. The summed E-state index contributed by atoms with van der Waals surface area (Å²) in [7, 11) is 0. The third kappa shape index (κ3) is 2.98. The second-order valence-electron chi connectivity index (χ2n) is 7.31. The van der Waals surface area contributed by atoms with E-state index in [0.717, 1.165) is 17.7 Å². The maximum Gasteiger partial charge on any atom is 0.325 e. The zero-order chi connectivity index (χ0) is 19.3. The molecule has 0 bridgehead atoms. The highest BCUT2D eigenvalue weighted by atomic mass is 16.5. The number of hydrogen-bond acceptors (Lipinski definition) is 5.